The highest BCUT2D eigenvalue weighted by atomic mass is 15.1. The summed E-state index contributed by atoms with van der Waals surface area (Å²) in [7, 11) is 1.98. The lowest BCUT2D eigenvalue weighted by Crippen LogP contribution is -2.46. The molecule has 0 aromatic carbocycles. The fourth-order valence-corrected chi connectivity index (χ4v) is 2.27. The van der Waals surface area contributed by atoms with Gasteiger partial charge in [-0.15, -0.1) is 0 Å². The zero-order valence-electron chi connectivity index (χ0n) is 9.79. The third-order valence-electron chi connectivity index (χ3n) is 3.35. The van der Waals surface area contributed by atoms with Crippen molar-refractivity contribution < 1.29 is 0 Å². The number of nitrogens with zero attached hydrogens (tertiary/aromatic N) is 1. The average Bonchev–Trinajstić information content (AvgIpc) is 2.18. The Morgan fingerprint density at radius 2 is 1.93 bits per heavy atom. The Balaban J connectivity index is 2.28. The third kappa shape index (κ3) is 3.23. The van der Waals surface area contributed by atoms with Crippen molar-refractivity contribution in [2.45, 2.75) is 38.8 Å². The van der Waals surface area contributed by atoms with Crippen molar-refractivity contribution >= 4 is 0 Å². The van der Waals surface area contributed by atoms with E-state index in [1.165, 1.54) is 25.9 Å². The van der Waals surface area contributed by atoms with Gasteiger partial charge in [0.05, 0.1) is 0 Å². The van der Waals surface area contributed by atoms with Crippen molar-refractivity contribution in [2.75, 3.05) is 26.7 Å². The summed E-state index contributed by atoms with van der Waals surface area (Å²) >= 11 is 0. The summed E-state index contributed by atoms with van der Waals surface area (Å²) in [6.07, 6.45) is 2.53. The van der Waals surface area contributed by atoms with Crippen LogP contribution in [0.2, 0.25) is 0 Å². The van der Waals surface area contributed by atoms with Crippen LogP contribution in [0.25, 0.3) is 0 Å². The number of likely N-dealkylation sites (N-methyl/N-ethyl adjacent to an activating group) is 1. The van der Waals surface area contributed by atoms with Gasteiger partial charge in [-0.05, 0) is 52.7 Å². The lowest BCUT2D eigenvalue weighted by Gasteiger charge is -2.36. The molecule has 3 heteroatoms. The molecule has 0 bridgehead atoms. The van der Waals surface area contributed by atoms with Crippen molar-refractivity contribution in [1.29, 1.82) is 0 Å². The van der Waals surface area contributed by atoms with E-state index in [1.54, 1.807) is 0 Å². The molecular formula is C11H25N3. The van der Waals surface area contributed by atoms with Crippen LogP contribution in [0.15, 0.2) is 0 Å². The van der Waals surface area contributed by atoms with Crippen molar-refractivity contribution in [3.8, 4) is 0 Å². The van der Waals surface area contributed by atoms with Gasteiger partial charge < -0.3 is 16.0 Å². The fourth-order valence-electron chi connectivity index (χ4n) is 2.27. The van der Waals surface area contributed by atoms with E-state index in [4.69, 9.17) is 5.73 Å². The summed E-state index contributed by atoms with van der Waals surface area (Å²) < 4.78 is 0. The molecule has 3 N–H and O–H groups in total. The van der Waals surface area contributed by atoms with Crippen LogP contribution < -0.4 is 11.1 Å². The smallest absolute Gasteiger partial charge is 0.0194 e. The molecule has 0 radical (unpaired) electrons. The van der Waals surface area contributed by atoms with E-state index in [-0.39, 0.29) is 0 Å². The van der Waals surface area contributed by atoms with Crippen LogP contribution in [0.1, 0.15) is 26.7 Å². The van der Waals surface area contributed by atoms with E-state index in [1.807, 2.05) is 7.05 Å². The Morgan fingerprint density at radius 3 is 2.36 bits per heavy atom. The van der Waals surface area contributed by atoms with Gasteiger partial charge in [0.1, 0.15) is 0 Å². The Morgan fingerprint density at radius 1 is 1.36 bits per heavy atom. The van der Waals surface area contributed by atoms with Crippen molar-refractivity contribution in [3.63, 3.8) is 0 Å². The molecule has 0 spiro atoms. The molecule has 0 aromatic heterocycles. The molecule has 0 aliphatic carbocycles. The molecule has 1 atom stereocenters. The maximum Gasteiger partial charge on any atom is 0.0194 e. The lowest BCUT2D eigenvalue weighted by atomic mass is 9.89. The normalized spacial score (nSPS) is 22.9. The summed E-state index contributed by atoms with van der Waals surface area (Å²) in [5, 5.41) is 3.16. The molecule has 1 rings (SSSR count). The van der Waals surface area contributed by atoms with Gasteiger partial charge >= 0.3 is 0 Å². The predicted molar refractivity (Wildman–Crippen MR) is 61.3 cm³/mol. The largest absolute Gasteiger partial charge is 0.326 e. The number of nitrogens with one attached hydrogen (secondary N) is 1. The van der Waals surface area contributed by atoms with Crippen LogP contribution in [0.5, 0.6) is 0 Å². The maximum absolute atomic E-state index is 6.10. The molecule has 1 aliphatic heterocycles. The number of likely N-dealkylation sites (tertiary alicyclic amines) is 1. The molecule has 3 nitrogen and oxygen atoms in total. The highest BCUT2D eigenvalue weighted by Crippen LogP contribution is 2.20. The van der Waals surface area contributed by atoms with Crippen LogP contribution in [0.3, 0.4) is 0 Å². The molecule has 0 saturated carbocycles. The van der Waals surface area contributed by atoms with Gasteiger partial charge in [-0.1, -0.05) is 0 Å². The highest BCUT2D eigenvalue weighted by Gasteiger charge is 2.24. The van der Waals surface area contributed by atoms with Gasteiger partial charge in [0.15, 0.2) is 0 Å². The number of nitrogens with two attached hydrogens (primary N) is 1. The minimum Gasteiger partial charge on any atom is -0.326 e. The van der Waals surface area contributed by atoms with Crippen LogP contribution in [-0.2, 0) is 0 Å². The molecule has 1 heterocycles. The van der Waals surface area contributed by atoms with E-state index in [2.05, 4.69) is 24.1 Å². The second-order valence-electron chi connectivity index (χ2n) is 4.69. The second-order valence-corrected chi connectivity index (χ2v) is 4.69. The van der Waals surface area contributed by atoms with E-state index < -0.39 is 0 Å². The summed E-state index contributed by atoms with van der Waals surface area (Å²) in [4.78, 5) is 2.54. The molecule has 1 unspecified atom stereocenters. The van der Waals surface area contributed by atoms with E-state index in [0.717, 1.165) is 12.5 Å². The third-order valence-corrected chi connectivity index (χ3v) is 3.35. The maximum atomic E-state index is 6.10. The first-order valence-corrected chi connectivity index (χ1v) is 5.79. The fraction of sp³-hybridized carbons (Fsp3) is 1.00. The Kier molecular flexibility index (Phi) is 4.85. The molecule has 1 aliphatic rings. The topological polar surface area (TPSA) is 41.3 Å². The van der Waals surface area contributed by atoms with Crippen LogP contribution in [0, 0.1) is 5.92 Å². The van der Waals surface area contributed by atoms with Crippen LogP contribution >= 0.6 is 0 Å². The van der Waals surface area contributed by atoms with E-state index >= 15 is 0 Å². The predicted octanol–water partition coefficient (Wildman–Crippen LogP) is 0.654. The van der Waals surface area contributed by atoms with E-state index in [9.17, 15) is 0 Å². The number of rotatable bonds is 4. The standard InChI is InChI=1S/C11H25N3/c1-9(2)14-6-4-10(5-7-14)11(12)8-13-3/h9-11,13H,4-8,12H2,1-3H3. The highest BCUT2D eigenvalue weighted by molar-refractivity contribution is 4.81. The molecule has 1 saturated heterocycles. The Labute approximate surface area is 88.0 Å². The average molecular weight is 199 g/mol. The summed E-state index contributed by atoms with van der Waals surface area (Å²) in [5.41, 5.74) is 6.10. The molecule has 0 aromatic rings. The van der Waals surface area contributed by atoms with Crippen LogP contribution in [-0.4, -0.2) is 43.7 Å². The van der Waals surface area contributed by atoms with Crippen LogP contribution in [0.4, 0.5) is 0 Å². The van der Waals surface area contributed by atoms with Gasteiger partial charge in [0, 0.05) is 18.6 Å². The molecule has 84 valence electrons. The van der Waals surface area contributed by atoms with Crippen molar-refractivity contribution in [1.82, 2.24) is 10.2 Å². The zero-order valence-corrected chi connectivity index (χ0v) is 9.79. The number of hydrogen-bond donors (Lipinski definition) is 2. The molecule has 14 heavy (non-hydrogen) atoms. The van der Waals surface area contributed by atoms with Crippen molar-refractivity contribution in [3.05, 3.63) is 0 Å². The van der Waals surface area contributed by atoms with Gasteiger partial charge in [-0.3, -0.25) is 0 Å². The number of piperidine rings is 1. The van der Waals surface area contributed by atoms with E-state index in [0.29, 0.717) is 12.1 Å². The minimum absolute atomic E-state index is 0.342. The van der Waals surface area contributed by atoms with Gasteiger partial charge in [-0.25, -0.2) is 0 Å². The number of hydrogen-bond acceptors (Lipinski definition) is 3. The quantitative estimate of drug-likeness (QED) is 0.698. The monoisotopic (exact) mass is 199 g/mol. The first-order valence-electron chi connectivity index (χ1n) is 5.79. The first-order chi connectivity index (χ1) is 6.65. The SMILES string of the molecule is CNCC(N)C1CCN(C(C)C)CC1. The van der Waals surface area contributed by atoms with Gasteiger partial charge in [0.25, 0.3) is 0 Å². The summed E-state index contributed by atoms with van der Waals surface area (Å²) in [6, 6.07) is 1.03. The summed E-state index contributed by atoms with van der Waals surface area (Å²) in [5.74, 6) is 0.720. The van der Waals surface area contributed by atoms with Gasteiger partial charge in [-0.2, -0.15) is 0 Å². The zero-order chi connectivity index (χ0) is 10.6. The second kappa shape index (κ2) is 5.69. The van der Waals surface area contributed by atoms with Crippen molar-refractivity contribution in [2.24, 2.45) is 11.7 Å². The Hall–Kier alpha value is -0.120. The molecular weight excluding hydrogens is 174 g/mol. The molecule has 0 amide bonds. The lowest BCUT2D eigenvalue weighted by molar-refractivity contribution is 0.137. The minimum atomic E-state index is 0.342. The Bertz CT molecular complexity index is 151. The van der Waals surface area contributed by atoms with Gasteiger partial charge in [0.2, 0.25) is 0 Å². The molecule has 1 fully saturated rings. The first kappa shape index (κ1) is 12.0. The summed E-state index contributed by atoms with van der Waals surface area (Å²) in [6.45, 7) is 7.94.